The molecule has 1 atom stereocenters. The maximum absolute atomic E-state index is 8.25. The van der Waals surface area contributed by atoms with Gasteiger partial charge in [-0.25, -0.2) is 0 Å². The highest BCUT2D eigenvalue weighted by molar-refractivity contribution is 7.00. The monoisotopic (exact) mass is 1840 g/mol. The zero-order chi connectivity index (χ0) is 99.2. The third-order valence-electron chi connectivity index (χ3n) is 37.6. The lowest BCUT2D eigenvalue weighted by Crippen LogP contribution is -2.61. The van der Waals surface area contributed by atoms with E-state index in [1.165, 1.54) is 179 Å². The fourth-order valence-electron chi connectivity index (χ4n) is 27.8. The van der Waals surface area contributed by atoms with Gasteiger partial charge >= 0.3 is 0 Å². The molecule has 6 heterocycles. The van der Waals surface area contributed by atoms with Gasteiger partial charge in [0, 0.05) is 90.2 Å². The van der Waals surface area contributed by atoms with E-state index in [4.69, 9.17) is 8.83 Å². The first-order chi connectivity index (χ1) is 64.6. The van der Waals surface area contributed by atoms with Gasteiger partial charge in [0.25, 0.3) is 13.4 Å². The van der Waals surface area contributed by atoms with Crippen LogP contribution in [0.5, 0.6) is 0 Å². The van der Waals surface area contributed by atoms with Gasteiger partial charge in [-0.15, -0.1) is 0 Å². The molecule has 12 aromatic rings. The largest absolute Gasteiger partial charge is 0.472 e. The van der Waals surface area contributed by atoms with Crippen LogP contribution in [0.2, 0.25) is 0 Å². The van der Waals surface area contributed by atoms with Crippen molar-refractivity contribution in [3.8, 4) is 0 Å². The molecular weight excluding hydrogens is 1690 g/mol. The summed E-state index contributed by atoms with van der Waals surface area (Å²) >= 11 is 0. The first-order valence-corrected chi connectivity index (χ1v) is 53.4. The maximum Gasteiger partial charge on any atom is 0.297 e. The molecule has 0 spiro atoms. The normalized spacial score (nSPS) is 21.4. The van der Waals surface area contributed by atoms with Crippen LogP contribution in [0, 0.1) is 13.8 Å². The Kier molecular flexibility index (Phi) is 20.3. The second-order valence-corrected chi connectivity index (χ2v) is 56.0. The van der Waals surface area contributed by atoms with Crippen molar-refractivity contribution in [3.05, 3.63) is 276 Å². The summed E-state index contributed by atoms with van der Waals surface area (Å²) in [6, 6.07) is 73.1. The molecule has 7 nitrogen and oxygen atoms in total. The minimum absolute atomic E-state index is 0.0186. The van der Waals surface area contributed by atoms with E-state index in [0.717, 1.165) is 123 Å². The lowest BCUT2D eigenvalue weighted by molar-refractivity contribution is 0.282. The van der Waals surface area contributed by atoms with Crippen LogP contribution in [0.3, 0.4) is 0 Å². The molecule has 2 aromatic heterocycles. The molecule has 10 aromatic carbocycles. The molecule has 1 unspecified atom stereocenters. The zero-order valence-electron chi connectivity index (χ0n) is 91.1. The molecule has 10 aliphatic rings. The molecule has 0 saturated heterocycles. The van der Waals surface area contributed by atoms with E-state index in [1.54, 1.807) is 0 Å². The summed E-state index contributed by atoms with van der Waals surface area (Å²) in [4.78, 5) is 13.7. The third-order valence-corrected chi connectivity index (χ3v) is 37.6. The molecule has 4 aliphatic heterocycles. The summed E-state index contributed by atoms with van der Waals surface area (Å²) in [5, 5.41) is 0. The van der Waals surface area contributed by atoms with Crippen LogP contribution in [0.1, 0.15) is 399 Å². The van der Waals surface area contributed by atoms with E-state index < -0.39 is 0 Å². The second-order valence-electron chi connectivity index (χ2n) is 56.0. The van der Waals surface area contributed by atoms with Crippen molar-refractivity contribution >= 4 is 132 Å². The summed E-state index contributed by atoms with van der Waals surface area (Å²) in [6.07, 6.45) is 13.9. The van der Waals surface area contributed by atoms with Crippen LogP contribution in [0.4, 0.5) is 85.3 Å². The van der Waals surface area contributed by atoms with Crippen molar-refractivity contribution in [2.24, 2.45) is 0 Å². The average molecular weight is 1840 g/mol. The van der Waals surface area contributed by atoms with Gasteiger partial charge in [0.05, 0.1) is 28.4 Å². The van der Waals surface area contributed by atoms with Gasteiger partial charge < -0.3 is 33.3 Å². The number of furan rings is 2. The Bertz CT molecular complexity index is 7180. The minimum atomic E-state index is -0.325. The predicted molar refractivity (Wildman–Crippen MR) is 595 cm³/mol. The smallest absolute Gasteiger partial charge is 0.297 e. The molecule has 0 N–H and O–H groups in total. The van der Waals surface area contributed by atoms with E-state index in [-0.39, 0.29) is 94.7 Å². The van der Waals surface area contributed by atoms with Gasteiger partial charge in [-0.05, 0) is 365 Å². The van der Waals surface area contributed by atoms with Gasteiger partial charge in [-0.1, -0.05) is 300 Å². The molecule has 0 bridgehead atoms. The lowest BCUT2D eigenvalue weighted by Gasteiger charge is -2.48. The lowest BCUT2D eigenvalue weighted by atomic mass is 9.34. The Morgan fingerprint density at radius 3 is 1.06 bits per heavy atom. The van der Waals surface area contributed by atoms with Gasteiger partial charge in [-0.3, -0.25) is 0 Å². The summed E-state index contributed by atoms with van der Waals surface area (Å²) in [5.41, 5.74) is 46.0. The van der Waals surface area contributed by atoms with Crippen molar-refractivity contribution in [1.29, 1.82) is 0 Å². The number of anilines is 15. The molecule has 22 rings (SSSR count). The molecule has 0 amide bonds. The number of para-hydroxylation sites is 1. The number of rotatable bonds is 9. The van der Waals surface area contributed by atoms with E-state index in [0.29, 0.717) is 0 Å². The molecule has 6 aliphatic carbocycles. The van der Waals surface area contributed by atoms with E-state index in [1.807, 2.05) is 0 Å². The first kappa shape index (κ1) is 93.8. The van der Waals surface area contributed by atoms with Crippen molar-refractivity contribution in [3.63, 3.8) is 0 Å². The molecule has 0 saturated carbocycles. The first-order valence-electron chi connectivity index (χ1n) is 53.4. The van der Waals surface area contributed by atoms with Crippen LogP contribution < -0.4 is 57.7 Å². The SMILES string of the molecule is Cc1cc(C(C)(C)C)ccc1N1c2cc(N(c3ccccc3)c3cccc(CC4(C)CCC(C)(C)c5cc6c(cc54)B4c5oc7c(c5N(c5ccc(C(C)(C)C)cc5C)c5cc(C(C)(C)C)cc(c54)N6c4ccc5c(c4)C(C)(C)CCC5(C)C)C(C)(C)CCC7(C)C)c3)cc3c2B(c2cc4c(cc2N3c2ccc3c(c2)C(C)(C)CCC3(C)C)C(C)(C)CCC4(C)C)c2oc3c(c21)C(C)(C)CCC3(C)C. The Hall–Kier alpha value is -10.1. The third kappa shape index (κ3) is 14.3. The van der Waals surface area contributed by atoms with Crippen LogP contribution in [0.15, 0.2) is 185 Å². The van der Waals surface area contributed by atoms with E-state index >= 15 is 0 Å². The topological polar surface area (TPSA) is 42.5 Å². The summed E-state index contributed by atoms with van der Waals surface area (Å²) in [6.45, 7) is 83.5. The highest BCUT2D eigenvalue weighted by Gasteiger charge is 2.59. The quantitative estimate of drug-likeness (QED) is 0.133. The number of nitrogens with zero attached hydrogens (tertiary/aromatic N) is 5. The Morgan fingerprint density at radius 2 is 0.633 bits per heavy atom. The van der Waals surface area contributed by atoms with Crippen LogP contribution in [0.25, 0.3) is 0 Å². The summed E-state index contributed by atoms with van der Waals surface area (Å²) in [5.74, 6) is 2.29. The maximum atomic E-state index is 8.25. The van der Waals surface area contributed by atoms with Crippen LogP contribution in [-0.4, -0.2) is 13.4 Å². The average Bonchev–Trinajstić information content (AvgIpc) is 1.59. The standard InChI is InChI=1S/C130H157B2N5O2/c1-77-63-80(116(3,4)5)43-49-98(77)136-103-67-82(118(9,10)11)66-102-108(103)132(114-110(136)106-112(138-114)128(30,31)59-57-126(106,26)27)97-73-95-94(75-101(97)134(102)85-45-47-88-90(68-85)121(16,17)53-51-119(88,12)13)125(24,25)61-62-130(95,34)76-79-39-38-42-84(65-79)133(83-40-36-35-37-41-83)87-70-104-109-105(71-87)137(99-50-44-81(64-78(99)2)117(6,7)8)111-107-113(129(32,33)60-58-127(107,28)29)139-115(111)131(109)96-72-92-93(124(22,23)56-55-123(92,20)21)74-100(96)135(104)86-46-48-89-91(69-86)122(18,19)54-52-120(89,14)15/h35-50,63-75H,51-62,76H2,1-34H3. The van der Waals surface area contributed by atoms with Crippen LogP contribution >= 0.6 is 0 Å². The van der Waals surface area contributed by atoms with Crippen LogP contribution in [-0.2, 0) is 87.6 Å². The molecule has 9 heteroatoms. The van der Waals surface area contributed by atoms with Gasteiger partial charge in [0.2, 0.25) is 0 Å². The minimum Gasteiger partial charge on any atom is -0.472 e. The van der Waals surface area contributed by atoms with Gasteiger partial charge in [-0.2, -0.15) is 0 Å². The molecule has 139 heavy (non-hydrogen) atoms. The van der Waals surface area contributed by atoms with Gasteiger partial charge in [0.15, 0.2) is 0 Å². The van der Waals surface area contributed by atoms with Crippen molar-refractivity contribution in [2.75, 3.05) is 24.5 Å². The number of benzene rings is 10. The fourth-order valence-corrected chi connectivity index (χ4v) is 27.8. The Balaban J connectivity index is 0.786. The highest BCUT2D eigenvalue weighted by atomic mass is 16.3. The van der Waals surface area contributed by atoms with E-state index in [9.17, 15) is 0 Å². The zero-order valence-corrected chi connectivity index (χ0v) is 91.1. The molecule has 0 radical (unpaired) electrons. The highest BCUT2D eigenvalue weighted by Crippen LogP contribution is 2.63. The second kappa shape index (κ2) is 30.0. The number of fused-ring (bicyclic) bond motifs is 16. The number of hydrogen-bond acceptors (Lipinski definition) is 7. The Labute approximate surface area is 836 Å². The molecule has 0 fully saturated rings. The van der Waals surface area contributed by atoms with Crippen molar-refractivity contribution < 1.29 is 8.83 Å². The molecular formula is C130H157B2N5O2. The number of aryl methyl sites for hydroxylation is 2. The summed E-state index contributed by atoms with van der Waals surface area (Å²) < 4.78 is 16.5. The van der Waals surface area contributed by atoms with Crippen molar-refractivity contribution in [1.82, 2.24) is 0 Å². The predicted octanol–water partition coefficient (Wildman–Crippen LogP) is 32.3. The summed E-state index contributed by atoms with van der Waals surface area (Å²) in [7, 11) is 0. The van der Waals surface area contributed by atoms with Crippen molar-refractivity contribution in [2.45, 2.75) is 400 Å². The Morgan fingerprint density at radius 1 is 0.281 bits per heavy atom. The van der Waals surface area contributed by atoms with E-state index in [2.05, 4.69) is 436 Å². The number of hydrogen-bond donors (Lipinski definition) is 0. The van der Waals surface area contributed by atoms with Gasteiger partial charge in [0.1, 0.15) is 11.5 Å². The fraction of sp³-hybridized carbons (Fsp3) is 0.477. The molecule has 720 valence electrons.